The van der Waals surface area contributed by atoms with Gasteiger partial charge in [-0.15, -0.1) is 11.3 Å². The Labute approximate surface area is 88.5 Å². The van der Waals surface area contributed by atoms with Gasteiger partial charge in [0.05, 0.1) is 13.2 Å². The number of aromatic nitrogens is 1. The van der Waals surface area contributed by atoms with Crippen LogP contribution in [0.3, 0.4) is 0 Å². The molecule has 0 atom stereocenters. The van der Waals surface area contributed by atoms with Crippen LogP contribution in [0.15, 0.2) is 5.38 Å². The molecule has 0 aliphatic heterocycles. The Morgan fingerprint density at radius 2 is 2.43 bits per heavy atom. The quantitative estimate of drug-likeness (QED) is 0.651. The van der Waals surface area contributed by atoms with Crippen molar-refractivity contribution in [3.8, 4) is 0 Å². The Morgan fingerprint density at radius 3 is 3.07 bits per heavy atom. The predicted molar refractivity (Wildman–Crippen MR) is 58.4 cm³/mol. The number of rotatable bonds is 7. The molecule has 0 aromatic carbocycles. The highest BCUT2D eigenvalue weighted by molar-refractivity contribution is 7.09. The summed E-state index contributed by atoms with van der Waals surface area (Å²) in [5.41, 5.74) is 6.37. The molecule has 0 fully saturated rings. The van der Waals surface area contributed by atoms with Crippen molar-refractivity contribution in [2.45, 2.75) is 13.5 Å². The third-order valence-electron chi connectivity index (χ3n) is 1.63. The van der Waals surface area contributed by atoms with Gasteiger partial charge in [0.1, 0.15) is 5.01 Å². The van der Waals surface area contributed by atoms with Crippen molar-refractivity contribution < 1.29 is 4.74 Å². The van der Waals surface area contributed by atoms with E-state index in [1.54, 1.807) is 11.3 Å². The Bertz CT molecular complexity index is 252. The lowest BCUT2D eigenvalue weighted by atomic mass is 10.5. The van der Waals surface area contributed by atoms with Crippen molar-refractivity contribution in [1.82, 2.24) is 10.3 Å². The summed E-state index contributed by atoms with van der Waals surface area (Å²) < 4.78 is 5.22. The summed E-state index contributed by atoms with van der Waals surface area (Å²) in [6.07, 6.45) is 0. The van der Waals surface area contributed by atoms with Crippen LogP contribution < -0.4 is 11.1 Å². The number of aryl methyl sites for hydroxylation is 1. The maximum Gasteiger partial charge on any atom is 0.107 e. The fourth-order valence-corrected chi connectivity index (χ4v) is 1.75. The Kier molecular flexibility index (Phi) is 5.70. The first-order valence-corrected chi connectivity index (χ1v) is 5.60. The van der Waals surface area contributed by atoms with Crippen LogP contribution >= 0.6 is 11.3 Å². The monoisotopic (exact) mass is 215 g/mol. The summed E-state index contributed by atoms with van der Waals surface area (Å²) >= 11 is 1.68. The van der Waals surface area contributed by atoms with Crippen molar-refractivity contribution >= 4 is 11.3 Å². The van der Waals surface area contributed by atoms with Gasteiger partial charge in [0, 0.05) is 30.7 Å². The average molecular weight is 215 g/mol. The van der Waals surface area contributed by atoms with Gasteiger partial charge in [-0.25, -0.2) is 4.98 Å². The fraction of sp³-hybridized carbons (Fsp3) is 0.667. The van der Waals surface area contributed by atoms with Gasteiger partial charge in [0.15, 0.2) is 0 Å². The molecule has 0 saturated carbocycles. The summed E-state index contributed by atoms with van der Waals surface area (Å²) in [6, 6.07) is 0. The second-order valence-corrected chi connectivity index (χ2v) is 3.90. The Balaban J connectivity index is 1.99. The molecule has 3 N–H and O–H groups in total. The molecule has 0 radical (unpaired) electrons. The second-order valence-electron chi connectivity index (χ2n) is 2.96. The zero-order valence-electron chi connectivity index (χ0n) is 8.45. The third kappa shape index (κ3) is 4.66. The molecule has 0 bridgehead atoms. The van der Waals surface area contributed by atoms with E-state index < -0.39 is 0 Å². The maximum atomic E-state index is 5.28. The van der Waals surface area contributed by atoms with Crippen molar-refractivity contribution in [3.05, 3.63) is 16.1 Å². The SMILES string of the molecule is Cc1csc(CNCCOCCN)n1. The molecular formula is C9H17N3OS. The molecule has 0 saturated heterocycles. The second kappa shape index (κ2) is 6.89. The normalized spacial score (nSPS) is 10.7. The van der Waals surface area contributed by atoms with Gasteiger partial charge in [-0.3, -0.25) is 0 Å². The number of nitrogens with zero attached hydrogens (tertiary/aromatic N) is 1. The molecule has 5 heteroatoms. The number of thiazole rings is 1. The van der Waals surface area contributed by atoms with Crippen LogP contribution in [0.5, 0.6) is 0 Å². The molecule has 1 aromatic rings. The molecule has 1 aromatic heterocycles. The van der Waals surface area contributed by atoms with Gasteiger partial charge >= 0.3 is 0 Å². The highest BCUT2D eigenvalue weighted by atomic mass is 32.1. The van der Waals surface area contributed by atoms with E-state index in [9.17, 15) is 0 Å². The number of nitrogens with two attached hydrogens (primary N) is 1. The summed E-state index contributed by atoms with van der Waals surface area (Å²) in [6.45, 7) is 5.61. The van der Waals surface area contributed by atoms with Crippen LogP contribution in [0, 0.1) is 6.92 Å². The molecule has 14 heavy (non-hydrogen) atoms. The highest BCUT2D eigenvalue weighted by Crippen LogP contribution is 2.07. The summed E-state index contributed by atoms with van der Waals surface area (Å²) in [7, 11) is 0. The zero-order chi connectivity index (χ0) is 10.2. The summed E-state index contributed by atoms with van der Waals surface area (Å²) in [4.78, 5) is 4.34. The molecule has 80 valence electrons. The van der Waals surface area contributed by atoms with Crippen LogP contribution in [0.1, 0.15) is 10.7 Å². The van der Waals surface area contributed by atoms with E-state index in [1.807, 2.05) is 6.92 Å². The van der Waals surface area contributed by atoms with Gasteiger partial charge in [0.2, 0.25) is 0 Å². The predicted octanol–water partition coefficient (Wildman–Crippen LogP) is 0.516. The van der Waals surface area contributed by atoms with Crippen LogP contribution in [-0.2, 0) is 11.3 Å². The molecule has 1 heterocycles. The lowest BCUT2D eigenvalue weighted by Crippen LogP contribution is -2.20. The molecule has 4 nitrogen and oxygen atoms in total. The van der Waals surface area contributed by atoms with E-state index >= 15 is 0 Å². The minimum atomic E-state index is 0.589. The van der Waals surface area contributed by atoms with Crippen LogP contribution in [0.2, 0.25) is 0 Å². The number of ether oxygens (including phenoxy) is 1. The molecule has 0 aliphatic rings. The number of hydrogen-bond acceptors (Lipinski definition) is 5. The minimum Gasteiger partial charge on any atom is -0.379 e. The zero-order valence-corrected chi connectivity index (χ0v) is 9.27. The molecule has 0 unspecified atom stereocenters. The van der Waals surface area contributed by atoms with E-state index in [1.165, 1.54) is 0 Å². The Hall–Kier alpha value is -0.490. The van der Waals surface area contributed by atoms with Gasteiger partial charge in [-0.1, -0.05) is 0 Å². The minimum absolute atomic E-state index is 0.589. The molecule has 0 aliphatic carbocycles. The summed E-state index contributed by atoms with van der Waals surface area (Å²) in [5, 5.41) is 6.44. The lowest BCUT2D eigenvalue weighted by molar-refractivity contribution is 0.143. The largest absolute Gasteiger partial charge is 0.379 e. The third-order valence-corrected chi connectivity index (χ3v) is 2.59. The van der Waals surface area contributed by atoms with Crippen LogP contribution in [-0.4, -0.2) is 31.3 Å². The fourth-order valence-electron chi connectivity index (χ4n) is 1.01. The van der Waals surface area contributed by atoms with Gasteiger partial charge in [-0.2, -0.15) is 0 Å². The topological polar surface area (TPSA) is 60.2 Å². The van der Waals surface area contributed by atoms with Gasteiger partial charge in [-0.05, 0) is 6.92 Å². The highest BCUT2D eigenvalue weighted by Gasteiger charge is 1.96. The van der Waals surface area contributed by atoms with Crippen molar-refractivity contribution in [2.75, 3.05) is 26.3 Å². The van der Waals surface area contributed by atoms with Crippen molar-refractivity contribution in [3.63, 3.8) is 0 Å². The smallest absolute Gasteiger partial charge is 0.107 e. The van der Waals surface area contributed by atoms with Crippen molar-refractivity contribution in [1.29, 1.82) is 0 Å². The van der Waals surface area contributed by atoms with Gasteiger partial charge in [0.25, 0.3) is 0 Å². The van der Waals surface area contributed by atoms with E-state index in [-0.39, 0.29) is 0 Å². The number of nitrogens with one attached hydrogen (secondary N) is 1. The van der Waals surface area contributed by atoms with E-state index in [2.05, 4.69) is 15.7 Å². The Morgan fingerprint density at radius 1 is 1.57 bits per heavy atom. The summed E-state index contributed by atoms with van der Waals surface area (Å²) in [5.74, 6) is 0. The van der Waals surface area contributed by atoms with Crippen LogP contribution in [0.4, 0.5) is 0 Å². The van der Waals surface area contributed by atoms with Crippen LogP contribution in [0.25, 0.3) is 0 Å². The molecule has 0 amide bonds. The van der Waals surface area contributed by atoms with E-state index in [0.29, 0.717) is 19.8 Å². The first-order valence-electron chi connectivity index (χ1n) is 4.72. The standard InChI is InChI=1S/C9H17N3OS/c1-8-7-14-9(12-8)6-11-3-5-13-4-2-10/h7,11H,2-6,10H2,1H3. The molecule has 0 spiro atoms. The average Bonchev–Trinajstić information content (AvgIpc) is 2.58. The maximum absolute atomic E-state index is 5.28. The van der Waals surface area contributed by atoms with E-state index in [0.717, 1.165) is 23.8 Å². The van der Waals surface area contributed by atoms with Gasteiger partial charge < -0.3 is 15.8 Å². The molecular weight excluding hydrogens is 198 g/mol. The van der Waals surface area contributed by atoms with E-state index in [4.69, 9.17) is 10.5 Å². The molecule has 1 rings (SSSR count). The first kappa shape index (κ1) is 11.6. The number of hydrogen-bond donors (Lipinski definition) is 2. The first-order chi connectivity index (χ1) is 6.83. The van der Waals surface area contributed by atoms with Crippen molar-refractivity contribution in [2.24, 2.45) is 5.73 Å². The lowest BCUT2D eigenvalue weighted by Gasteiger charge is -2.03.